The van der Waals surface area contributed by atoms with E-state index in [0.29, 0.717) is 26.9 Å². The van der Waals surface area contributed by atoms with Crippen LogP contribution >= 0.6 is 23.4 Å². The van der Waals surface area contributed by atoms with E-state index in [2.05, 4.69) is 6.07 Å². The Morgan fingerprint density at radius 1 is 1.32 bits per heavy atom. The summed E-state index contributed by atoms with van der Waals surface area (Å²) in [6.07, 6.45) is 0.0968. The number of allylic oxidation sites excluding steroid dienone is 1. The van der Waals surface area contributed by atoms with Gasteiger partial charge in [0, 0.05) is 22.9 Å². The second kappa shape index (κ2) is 7.17. The monoisotopic (exact) mass is 412 g/mol. The van der Waals surface area contributed by atoms with E-state index in [4.69, 9.17) is 16.3 Å². The number of nitrogens with zero attached hydrogens (tertiary/aromatic N) is 2. The number of methoxy groups -OCH3 is 1. The minimum Gasteiger partial charge on any atom is -0.497 e. The number of nitriles is 1. The summed E-state index contributed by atoms with van der Waals surface area (Å²) in [7, 11) is 1.55. The lowest BCUT2D eigenvalue weighted by molar-refractivity contribution is -0.149. The highest BCUT2D eigenvalue weighted by Gasteiger charge is 2.51. The Morgan fingerprint density at radius 3 is 2.82 bits per heavy atom. The van der Waals surface area contributed by atoms with Gasteiger partial charge in [0.25, 0.3) is 0 Å². The zero-order valence-corrected chi connectivity index (χ0v) is 16.6. The van der Waals surface area contributed by atoms with Gasteiger partial charge in [0.15, 0.2) is 5.72 Å². The van der Waals surface area contributed by atoms with E-state index in [1.165, 1.54) is 16.7 Å². The minimum absolute atomic E-state index is 0.0968. The number of benzene rings is 2. The molecular formula is C21H17ClN2O3S. The molecule has 2 aromatic carbocycles. The van der Waals surface area contributed by atoms with Gasteiger partial charge in [-0.05, 0) is 29.8 Å². The third-order valence-corrected chi connectivity index (χ3v) is 6.55. The first-order valence-corrected chi connectivity index (χ1v) is 10.1. The Hall–Kier alpha value is -2.46. The van der Waals surface area contributed by atoms with E-state index in [9.17, 15) is 15.2 Å². The SMILES string of the molecule is COc1cccc(C2(O)CSC3=C(C#N)C(c4cccc(Cl)c4)CC(=O)N32)c1. The third kappa shape index (κ3) is 2.96. The molecule has 0 saturated carbocycles. The highest BCUT2D eigenvalue weighted by Crippen LogP contribution is 2.52. The van der Waals surface area contributed by atoms with Gasteiger partial charge in [-0.3, -0.25) is 9.69 Å². The van der Waals surface area contributed by atoms with Gasteiger partial charge in [-0.25, -0.2) is 0 Å². The molecule has 2 heterocycles. The van der Waals surface area contributed by atoms with Crippen molar-refractivity contribution in [3.05, 3.63) is 75.3 Å². The molecule has 4 rings (SSSR count). The molecule has 0 aromatic heterocycles. The molecule has 142 valence electrons. The van der Waals surface area contributed by atoms with Crippen molar-refractivity contribution in [3.63, 3.8) is 0 Å². The smallest absolute Gasteiger partial charge is 0.231 e. The molecule has 1 saturated heterocycles. The molecular weight excluding hydrogens is 396 g/mol. The molecule has 1 fully saturated rings. The number of hydrogen-bond donors (Lipinski definition) is 1. The van der Waals surface area contributed by atoms with Crippen molar-refractivity contribution < 1.29 is 14.6 Å². The molecule has 1 N–H and O–H groups in total. The van der Waals surface area contributed by atoms with Crippen LogP contribution in [0.2, 0.25) is 5.02 Å². The molecule has 2 aromatic rings. The average Bonchev–Trinajstić information content (AvgIpc) is 3.07. The Balaban J connectivity index is 1.81. The molecule has 0 spiro atoms. The maximum atomic E-state index is 13.1. The fraction of sp³-hybridized carbons (Fsp3) is 0.238. The summed E-state index contributed by atoms with van der Waals surface area (Å²) in [6, 6.07) is 16.5. The van der Waals surface area contributed by atoms with Gasteiger partial charge in [0.1, 0.15) is 5.75 Å². The summed E-state index contributed by atoms with van der Waals surface area (Å²) >= 11 is 7.42. The van der Waals surface area contributed by atoms with E-state index < -0.39 is 5.72 Å². The van der Waals surface area contributed by atoms with Crippen molar-refractivity contribution in [2.24, 2.45) is 0 Å². The summed E-state index contributed by atoms with van der Waals surface area (Å²) in [5, 5.41) is 22.3. The number of aliphatic hydroxyl groups is 1. The van der Waals surface area contributed by atoms with Crippen molar-refractivity contribution in [2.75, 3.05) is 12.9 Å². The Labute approximate surface area is 172 Å². The van der Waals surface area contributed by atoms with Gasteiger partial charge in [-0.1, -0.05) is 35.9 Å². The zero-order chi connectivity index (χ0) is 19.9. The Morgan fingerprint density at radius 2 is 2.11 bits per heavy atom. The lowest BCUT2D eigenvalue weighted by Crippen LogP contribution is -2.48. The van der Waals surface area contributed by atoms with Gasteiger partial charge in [0.2, 0.25) is 5.91 Å². The first kappa shape index (κ1) is 18.9. The number of fused-ring (bicyclic) bond motifs is 1. The van der Waals surface area contributed by atoms with E-state index >= 15 is 0 Å². The van der Waals surface area contributed by atoms with Gasteiger partial charge in [-0.15, -0.1) is 11.8 Å². The molecule has 28 heavy (non-hydrogen) atoms. The predicted octanol–water partition coefficient (Wildman–Crippen LogP) is 3.99. The Kier molecular flexibility index (Phi) is 4.84. The van der Waals surface area contributed by atoms with Crippen LogP contribution in [0.15, 0.2) is 59.1 Å². The Bertz CT molecular complexity index is 1030. The van der Waals surface area contributed by atoms with Crippen molar-refractivity contribution in [3.8, 4) is 11.8 Å². The molecule has 7 heteroatoms. The molecule has 5 nitrogen and oxygen atoms in total. The number of halogens is 1. The number of hydrogen-bond acceptors (Lipinski definition) is 5. The van der Waals surface area contributed by atoms with Crippen LogP contribution in [0.3, 0.4) is 0 Å². The summed E-state index contributed by atoms with van der Waals surface area (Å²) in [5.74, 6) is 0.237. The lowest BCUT2D eigenvalue weighted by atomic mass is 9.85. The van der Waals surface area contributed by atoms with Crippen molar-refractivity contribution in [1.29, 1.82) is 5.26 Å². The third-order valence-electron chi connectivity index (χ3n) is 5.09. The largest absolute Gasteiger partial charge is 0.497 e. The van der Waals surface area contributed by atoms with Crippen LogP contribution in [-0.2, 0) is 10.5 Å². The highest BCUT2D eigenvalue weighted by molar-refractivity contribution is 8.03. The maximum Gasteiger partial charge on any atom is 0.231 e. The summed E-state index contributed by atoms with van der Waals surface area (Å²) < 4.78 is 5.25. The number of ether oxygens (including phenoxy) is 1. The minimum atomic E-state index is -1.52. The molecule has 2 unspecified atom stereocenters. The first-order valence-electron chi connectivity index (χ1n) is 8.70. The quantitative estimate of drug-likeness (QED) is 0.825. The van der Waals surface area contributed by atoms with E-state index in [1.54, 1.807) is 43.5 Å². The average molecular weight is 413 g/mol. The normalized spacial score (nSPS) is 24.1. The van der Waals surface area contributed by atoms with Gasteiger partial charge < -0.3 is 9.84 Å². The van der Waals surface area contributed by atoms with Crippen LogP contribution in [0.5, 0.6) is 5.75 Å². The van der Waals surface area contributed by atoms with Gasteiger partial charge in [-0.2, -0.15) is 5.26 Å². The van der Waals surface area contributed by atoms with Crippen LogP contribution in [0.1, 0.15) is 23.5 Å². The van der Waals surface area contributed by atoms with Crippen LogP contribution < -0.4 is 4.74 Å². The zero-order valence-electron chi connectivity index (χ0n) is 15.1. The standard InChI is InChI=1S/C21H17ClN2O3S/c1-27-16-7-3-5-14(9-16)21(26)12-28-20-18(11-23)17(10-19(25)24(20)21)13-4-2-6-15(22)8-13/h2-9,17,26H,10,12H2,1H3. The van der Waals surface area contributed by atoms with E-state index in [1.807, 2.05) is 12.1 Å². The van der Waals surface area contributed by atoms with E-state index in [-0.39, 0.29) is 24.0 Å². The van der Waals surface area contributed by atoms with Crippen molar-refractivity contribution >= 4 is 29.3 Å². The first-order chi connectivity index (χ1) is 13.5. The lowest BCUT2D eigenvalue weighted by Gasteiger charge is -2.38. The van der Waals surface area contributed by atoms with Gasteiger partial charge in [0.05, 0.1) is 29.5 Å². The summed E-state index contributed by atoms with van der Waals surface area (Å²) in [5.41, 5.74) is 0.335. The molecule has 0 bridgehead atoms. The topological polar surface area (TPSA) is 73.6 Å². The second-order valence-electron chi connectivity index (χ2n) is 6.71. The molecule has 1 amide bonds. The number of amides is 1. The van der Waals surface area contributed by atoms with Crippen molar-refractivity contribution in [2.45, 2.75) is 18.1 Å². The molecule has 0 aliphatic carbocycles. The van der Waals surface area contributed by atoms with Gasteiger partial charge >= 0.3 is 0 Å². The number of thioether (sulfide) groups is 1. The summed E-state index contributed by atoms with van der Waals surface area (Å²) in [4.78, 5) is 14.5. The molecule has 2 aliphatic heterocycles. The molecule has 2 aliphatic rings. The predicted molar refractivity (Wildman–Crippen MR) is 108 cm³/mol. The molecule has 0 radical (unpaired) electrons. The van der Waals surface area contributed by atoms with E-state index in [0.717, 1.165) is 5.56 Å². The fourth-order valence-electron chi connectivity index (χ4n) is 3.72. The van der Waals surface area contributed by atoms with Crippen LogP contribution in [-0.4, -0.2) is 28.8 Å². The van der Waals surface area contributed by atoms with Crippen molar-refractivity contribution in [1.82, 2.24) is 4.90 Å². The van der Waals surface area contributed by atoms with Crippen LogP contribution in [0.25, 0.3) is 0 Å². The fourth-order valence-corrected chi connectivity index (χ4v) is 5.28. The maximum absolute atomic E-state index is 13.1. The molecule has 2 atom stereocenters. The van der Waals surface area contributed by atoms with Crippen LogP contribution in [0.4, 0.5) is 0 Å². The number of rotatable bonds is 3. The second-order valence-corrected chi connectivity index (χ2v) is 8.11. The summed E-state index contributed by atoms with van der Waals surface area (Å²) in [6.45, 7) is 0. The number of carbonyl (C=O) groups excluding carboxylic acids is 1. The number of carbonyl (C=O) groups is 1. The highest BCUT2D eigenvalue weighted by atomic mass is 35.5. The van der Waals surface area contributed by atoms with Crippen LogP contribution in [0, 0.1) is 11.3 Å².